The summed E-state index contributed by atoms with van der Waals surface area (Å²) in [5, 5.41) is 3.50. The second-order valence-corrected chi connectivity index (χ2v) is 4.94. The number of nitrogens with one attached hydrogen (secondary N) is 1. The fourth-order valence-electron chi connectivity index (χ4n) is 1.41. The first-order valence-corrected chi connectivity index (χ1v) is 6.32. The van der Waals surface area contributed by atoms with Crippen molar-refractivity contribution in [1.29, 1.82) is 0 Å². The second kappa shape index (κ2) is 6.27. The molecule has 1 aromatic carbocycles. The van der Waals surface area contributed by atoms with Crippen molar-refractivity contribution in [2.45, 2.75) is 39.2 Å². The van der Waals surface area contributed by atoms with E-state index in [-0.39, 0.29) is 0 Å². The van der Waals surface area contributed by atoms with Crippen molar-refractivity contribution in [2.24, 2.45) is 0 Å². The molecule has 1 nitrogen and oxygen atoms in total. The van der Waals surface area contributed by atoms with Gasteiger partial charge < -0.3 is 5.32 Å². The highest BCUT2D eigenvalue weighted by Gasteiger charge is 2.00. The van der Waals surface area contributed by atoms with Gasteiger partial charge in [0.15, 0.2) is 0 Å². The molecule has 0 aliphatic carbocycles. The maximum atomic E-state index is 3.50. The lowest BCUT2D eigenvalue weighted by atomic mass is 10.1. The van der Waals surface area contributed by atoms with E-state index in [2.05, 4.69) is 66.0 Å². The normalized spacial score (nSPS) is 12.5. The van der Waals surface area contributed by atoms with Gasteiger partial charge in [0, 0.05) is 15.3 Å². The Labute approximate surface area is 100 Å². The monoisotopic (exact) mass is 303 g/mol. The van der Waals surface area contributed by atoms with Gasteiger partial charge in [0.2, 0.25) is 0 Å². The molecule has 0 fully saturated rings. The highest BCUT2D eigenvalue weighted by atomic mass is 127. The van der Waals surface area contributed by atoms with E-state index in [1.54, 1.807) is 0 Å². The second-order valence-electron chi connectivity index (χ2n) is 3.69. The van der Waals surface area contributed by atoms with Crippen LogP contribution in [0.25, 0.3) is 0 Å². The molecule has 14 heavy (non-hydrogen) atoms. The van der Waals surface area contributed by atoms with Crippen LogP contribution in [0.4, 0.5) is 5.69 Å². The van der Waals surface area contributed by atoms with Crippen LogP contribution in [0.5, 0.6) is 0 Å². The van der Waals surface area contributed by atoms with Gasteiger partial charge in [0.25, 0.3) is 0 Å². The molecule has 0 aliphatic rings. The molecule has 1 N–H and O–H groups in total. The molecule has 1 atom stereocenters. The summed E-state index contributed by atoms with van der Waals surface area (Å²) in [6.07, 6.45) is 3.83. The Morgan fingerprint density at radius 2 is 1.93 bits per heavy atom. The van der Waals surface area contributed by atoms with Crippen LogP contribution < -0.4 is 5.32 Å². The van der Waals surface area contributed by atoms with Gasteiger partial charge in [-0.3, -0.25) is 0 Å². The van der Waals surface area contributed by atoms with Gasteiger partial charge in [-0.2, -0.15) is 0 Å². The van der Waals surface area contributed by atoms with Crippen molar-refractivity contribution in [3.05, 3.63) is 27.8 Å². The molecule has 0 aliphatic heterocycles. The molecular weight excluding hydrogens is 285 g/mol. The first kappa shape index (κ1) is 11.8. The lowest BCUT2D eigenvalue weighted by molar-refractivity contribution is 0.645. The van der Waals surface area contributed by atoms with Crippen LogP contribution in [0.15, 0.2) is 24.3 Å². The lowest BCUT2D eigenvalue weighted by Crippen LogP contribution is -2.14. The highest BCUT2D eigenvalue weighted by molar-refractivity contribution is 14.1. The first-order chi connectivity index (χ1) is 6.72. The zero-order chi connectivity index (χ0) is 10.4. The van der Waals surface area contributed by atoms with Crippen LogP contribution >= 0.6 is 22.6 Å². The predicted octanol–water partition coefficient (Wildman–Crippen LogP) is 4.28. The Balaban J connectivity index is 2.39. The Morgan fingerprint density at radius 1 is 1.29 bits per heavy atom. The van der Waals surface area contributed by atoms with Gasteiger partial charge in [-0.1, -0.05) is 19.8 Å². The van der Waals surface area contributed by atoms with Crippen LogP contribution in [-0.2, 0) is 0 Å². The van der Waals surface area contributed by atoms with E-state index in [9.17, 15) is 0 Å². The van der Waals surface area contributed by atoms with Gasteiger partial charge in [0.1, 0.15) is 0 Å². The third-order valence-electron chi connectivity index (χ3n) is 2.25. The first-order valence-electron chi connectivity index (χ1n) is 5.24. The van der Waals surface area contributed by atoms with E-state index in [4.69, 9.17) is 0 Å². The van der Waals surface area contributed by atoms with Crippen LogP contribution in [0.2, 0.25) is 0 Å². The van der Waals surface area contributed by atoms with Crippen LogP contribution in [0.3, 0.4) is 0 Å². The highest BCUT2D eigenvalue weighted by Crippen LogP contribution is 2.13. The fraction of sp³-hybridized carbons (Fsp3) is 0.500. The zero-order valence-corrected chi connectivity index (χ0v) is 11.0. The minimum absolute atomic E-state index is 0.579. The molecule has 0 saturated carbocycles. The maximum absolute atomic E-state index is 3.50. The molecular formula is C12H18IN. The van der Waals surface area contributed by atoms with E-state index in [0.29, 0.717) is 6.04 Å². The molecule has 0 bridgehead atoms. The van der Waals surface area contributed by atoms with Gasteiger partial charge in [-0.15, -0.1) is 0 Å². The van der Waals surface area contributed by atoms with Gasteiger partial charge in [-0.25, -0.2) is 0 Å². The molecule has 0 radical (unpaired) electrons. The maximum Gasteiger partial charge on any atom is 0.0342 e. The van der Waals surface area contributed by atoms with Crippen LogP contribution in [0.1, 0.15) is 33.1 Å². The summed E-state index contributed by atoms with van der Waals surface area (Å²) in [7, 11) is 0. The average molecular weight is 303 g/mol. The quantitative estimate of drug-likeness (QED) is 0.801. The molecule has 0 saturated heterocycles. The SMILES string of the molecule is CCCCC(C)Nc1ccc(I)cc1. The zero-order valence-electron chi connectivity index (χ0n) is 8.89. The van der Waals surface area contributed by atoms with Gasteiger partial charge in [0.05, 0.1) is 0 Å². The van der Waals surface area contributed by atoms with E-state index in [1.807, 2.05) is 0 Å². The molecule has 0 aromatic heterocycles. The van der Waals surface area contributed by atoms with E-state index >= 15 is 0 Å². The van der Waals surface area contributed by atoms with Crippen molar-refractivity contribution >= 4 is 28.3 Å². The molecule has 0 amide bonds. The Bertz CT molecular complexity index is 256. The Kier molecular flexibility index (Phi) is 5.30. The molecule has 1 rings (SSSR count). The number of benzene rings is 1. The molecule has 0 spiro atoms. The number of anilines is 1. The van der Waals surface area contributed by atoms with E-state index in [1.165, 1.54) is 28.5 Å². The van der Waals surface area contributed by atoms with Crippen molar-refractivity contribution in [1.82, 2.24) is 0 Å². The average Bonchev–Trinajstić information content (AvgIpc) is 2.18. The summed E-state index contributed by atoms with van der Waals surface area (Å²) >= 11 is 2.33. The lowest BCUT2D eigenvalue weighted by Gasteiger charge is -2.14. The molecule has 2 heteroatoms. The summed E-state index contributed by atoms with van der Waals surface area (Å²) in [6.45, 7) is 4.48. The molecule has 78 valence electrons. The summed E-state index contributed by atoms with van der Waals surface area (Å²) in [4.78, 5) is 0. The number of halogens is 1. The third-order valence-corrected chi connectivity index (χ3v) is 2.97. The minimum Gasteiger partial charge on any atom is -0.383 e. The standard InChI is InChI=1S/C12H18IN/c1-3-4-5-10(2)14-12-8-6-11(13)7-9-12/h6-10,14H,3-5H2,1-2H3. The van der Waals surface area contributed by atoms with Crippen molar-refractivity contribution < 1.29 is 0 Å². The molecule has 0 heterocycles. The summed E-state index contributed by atoms with van der Waals surface area (Å²) in [6, 6.07) is 9.13. The number of hydrogen-bond donors (Lipinski definition) is 1. The van der Waals surface area contributed by atoms with Crippen LogP contribution in [-0.4, -0.2) is 6.04 Å². The smallest absolute Gasteiger partial charge is 0.0342 e. The summed E-state index contributed by atoms with van der Waals surface area (Å²) in [5.41, 5.74) is 1.23. The van der Waals surface area contributed by atoms with Crippen molar-refractivity contribution in [3.63, 3.8) is 0 Å². The number of rotatable bonds is 5. The summed E-state index contributed by atoms with van der Waals surface area (Å²) in [5.74, 6) is 0. The Morgan fingerprint density at radius 3 is 2.50 bits per heavy atom. The van der Waals surface area contributed by atoms with E-state index in [0.717, 1.165) is 0 Å². The van der Waals surface area contributed by atoms with Gasteiger partial charge in [-0.05, 0) is 60.2 Å². The number of unbranched alkanes of at least 4 members (excludes halogenated alkanes) is 1. The van der Waals surface area contributed by atoms with Crippen molar-refractivity contribution in [2.75, 3.05) is 5.32 Å². The van der Waals surface area contributed by atoms with Crippen molar-refractivity contribution in [3.8, 4) is 0 Å². The predicted molar refractivity (Wildman–Crippen MR) is 71.8 cm³/mol. The molecule has 1 aromatic rings. The number of hydrogen-bond acceptors (Lipinski definition) is 1. The fourth-order valence-corrected chi connectivity index (χ4v) is 1.77. The largest absolute Gasteiger partial charge is 0.383 e. The topological polar surface area (TPSA) is 12.0 Å². The summed E-state index contributed by atoms with van der Waals surface area (Å²) < 4.78 is 1.29. The van der Waals surface area contributed by atoms with Gasteiger partial charge >= 0.3 is 0 Å². The third kappa shape index (κ3) is 4.31. The van der Waals surface area contributed by atoms with E-state index < -0.39 is 0 Å². The van der Waals surface area contributed by atoms with Crippen LogP contribution in [0, 0.1) is 3.57 Å². The Hall–Kier alpha value is -0.250. The molecule has 1 unspecified atom stereocenters. The minimum atomic E-state index is 0.579.